The van der Waals surface area contributed by atoms with Crippen molar-refractivity contribution in [2.75, 3.05) is 45.9 Å². The monoisotopic (exact) mass is 362 g/mol. The normalized spacial score (nSPS) is 29.7. The summed E-state index contributed by atoms with van der Waals surface area (Å²) in [6.45, 7) is 9.27. The molecule has 4 heteroatoms. The molecule has 3 aliphatic rings. The van der Waals surface area contributed by atoms with E-state index in [4.69, 9.17) is 16.3 Å². The molecule has 1 aliphatic carbocycles. The summed E-state index contributed by atoms with van der Waals surface area (Å²) in [4.78, 5) is 5.18. The van der Waals surface area contributed by atoms with Crippen LogP contribution in [0.25, 0.3) is 0 Å². The van der Waals surface area contributed by atoms with Crippen molar-refractivity contribution in [3.63, 3.8) is 0 Å². The van der Waals surface area contributed by atoms with Crippen LogP contribution < -0.4 is 0 Å². The van der Waals surface area contributed by atoms with Gasteiger partial charge in [-0.3, -0.25) is 4.90 Å². The van der Waals surface area contributed by atoms with Gasteiger partial charge in [0, 0.05) is 37.8 Å². The van der Waals surface area contributed by atoms with Gasteiger partial charge in [-0.05, 0) is 67.8 Å². The number of ether oxygens (including phenoxy) is 1. The van der Waals surface area contributed by atoms with Crippen LogP contribution in [0.15, 0.2) is 24.3 Å². The Morgan fingerprint density at radius 2 is 1.84 bits per heavy atom. The van der Waals surface area contributed by atoms with Gasteiger partial charge in [0.15, 0.2) is 0 Å². The van der Waals surface area contributed by atoms with Crippen molar-refractivity contribution in [1.82, 2.24) is 9.80 Å². The zero-order chi connectivity index (χ0) is 17.1. The summed E-state index contributed by atoms with van der Waals surface area (Å²) >= 11 is 6.09. The van der Waals surface area contributed by atoms with Gasteiger partial charge in [0.1, 0.15) is 0 Å². The molecule has 2 aliphatic heterocycles. The second-order valence-electron chi connectivity index (χ2n) is 8.15. The van der Waals surface area contributed by atoms with E-state index in [1.807, 2.05) is 6.07 Å². The fourth-order valence-corrected chi connectivity index (χ4v) is 5.01. The van der Waals surface area contributed by atoms with Crippen molar-refractivity contribution in [2.45, 2.75) is 32.2 Å². The summed E-state index contributed by atoms with van der Waals surface area (Å²) in [5.41, 5.74) is 1.33. The van der Waals surface area contributed by atoms with Gasteiger partial charge >= 0.3 is 0 Å². The summed E-state index contributed by atoms with van der Waals surface area (Å²) in [5, 5.41) is 0.845. The van der Waals surface area contributed by atoms with Crippen LogP contribution in [-0.2, 0) is 11.3 Å². The largest absolute Gasteiger partial charge is 0.381 e. The van der Waals surface area contributed by atoms with Crippen LogP contribution in [0.4, 0.5) is 0 Å². The van der Waals surface area contributed by atoms with E-state index in [0.29, 0.717) is 0 Å². The van der Waals surface area contributed by atoms with Gasteiger partial charge in [0.2, 0.25) is 0 Å². The predicted molar refractivity (Wildman–Crippen MR) is 103 cm³/mol. The summed E-state index contributed by atoms with van der Waals surface area (Å²) in [6.07, 6.45) is 5.39. The lowest BCUT2D eigenvalue weighted by Gasteiger charge is -2.26. The Hall–Kier alpha value is -0.610. The molecule has 0 amide bonds. The van der Waals surface area contributed by atoms with Crippen LogP contribution in [0.1, 0.15) is 31.2 Å². The Morgan fingerprint density at radius 1 is 1.04 bits per heavy atom. The molecule has 1 aromatic rings. The molecule has 1 saturated carbocycles. The Bertz CT molecular complexity index is 549. The van der Waals surface area contributed by atoms with E-state index in [0.717, 1.165) is 42.5 Å². The highest BCUT2D eigenvalue weighted by molar-refractivity contribution is 6.30. The highest BCUT2D eigenvalue weighted by atomic mass is 35.5. The second kappa shape index (κ2) is 8.39. The topological polar surface area (TPSA) is 15.7 Å². The molecule has 0 spiro atoms. The number of likely N-dealkylation sites (tertiary alicyclic amines) is 2. The number of benzene rings is 1. The maximum atomic E-state index is 6.09. The van der Waals surface area contributed by atoms with Gasteiger partial charge in [0.25, 0.3) is 0 Å². The first-order chi connectivity index (χ1) is 12.3. The van der Waals surface area contributed by atoms with Crippen LogP contribution in [0.3, 0.4) is 0 Å². The average molecular weight is 363 g/mol. The Kier molecular flexibility index (Phi) is 5.97. The van der Waals surface area contributed by atoms with Crippen molar-refractivity contribution >= 4 is 11.6 Å². The second-order valence-corrected chi connectivity index (χ2v) is 8.58. The summed E-state index contributed by atoms with van der Waals surface area (Å²) in [7, 11) is 0. The van der Waals surface area contributed by atoms with Crippen LogP contribution in [0.5, 0.6) is 0 Å². The van der Waals surface area contributed by atoms with E-state index in [2.05, 4.69) is 28.0 Å². The average Bonchev–Trinajstić information content (AvgIpc) is 3.07. The third-order valence-corrected chi connectivity index (χ3v) is 6.50. The van der Waals surface area contributed by atoms with Crippen molar-refractivity contribution in [1.29, 1.82) is 0 Å². The first-order valence-electron chi connectivity index (χ1n) is 10.1. The molecule has 4 rings (SSSR count). The van der Waals surface area contributed by atoms with Crippen molar-refractivity contribution in [3.8, 4) is 0 Å². The fraction of sp³-hybridized carbons (Fsp3) is 0.714. The van der Waals surface area contributed by atoms with Crippen LogP contribution in [0, 0.1) is 17.8 Å². The molecule has 2 unspecified atom stereocenters. The number of rotatable bonds is 8. The van der Waals surface area contributed by atoms with Crippen LogP contribution >= 0.6 is 11.6 Å². The molecule has 1 aromatic carbocycles. The maximum Gasteiger partial charge on any atom is 0.0500 e. The van der Waals surface area contributed by atoms with Crippen molar-refractivity contribution < 1.29 is 4.74 Å². The molecule has 0 bridgehead atoms. The van der Waals surface area contributed by atoms with E-state index in [1.165, 1.54) is 64.0 Å². The number of nitrogens with zero attached hydrogens (tertiary/aromatic N) is 2. The minimum atomic E-state index is 0.825. The predicted octanol–water partition coefficient (Wildman–Crippen LogP) is 3.91. The third kappa shape index (κ3) is 4.77. The first kappa shape index (κ1) is 17.8. The van der Waals surface area contributed by atoms with Gasteiger partial charge in [-0.2, -0.15) is 0 Å². The quantitative estimate of drug-likeness (QED) is 0.652. The number of halogens is 1. The number of hydrogen-bond acceptors (Lipinski definition) is 3. The smallest absolute Gasteiger partial charge is 0.0500 e. The van der Waals surface area contributed by atoms with E-state index >= 15 is 0 Å². The van der Waals surface area contributed by atoms with Gasteiger partial charge in [-0.25, -0.2) is 0 Å². The third-order valence-electron chi connectivity index (χ3n) is 6.26. The molecule has 138 valence electrons. The molecule has 3 fully saturated rings. The first-order valence-corrected chi connectivity index (χ1v) is 10.4. The van der Waals surface area contributed by atoms with Gasteiger partial charge in [0.05, 0.1) is 6.61 Å². The minimum absolute atomic E-state index is 0.825. The maximum absolute atomic E-state index is 6.09. The van der Waals surface area contributed by atoms with Crippen molar-refractivity contribution in [2.24, 2.45) is 17.8 Å². The van der Waals surface area contributed by atoms with Gasteiger partial charge < -0.3 is 9.64 Å². The number of piperidine rings is 2. The Balaban J connectivity index is 1.08. The summed E-state index contributed by atoms with van der Waals surface area (Å²) in [6, 6.07) is 8.27. The summed E-state index contributed by atoms with van der Waals surface area (Å²) in [5.74, 6) is 2.58. The van der Waals surface area contributed by atoms with E-state index in [-0.39, 0.29) is 0 Å². The molecule has 0 aromatic heterocycles. The Morgan fingerprint density at radius 3 is 2.60 bits per heavy atom. The fourth-order valence-electron chi connectivity index (χ4n) is 4.80. The molecule has 0 N–H and O–H groups in total. The van der Waals surface area contributed by atoms with Crippen molar-refractivity contribution in [3.05, 3.63) is 34.9 Å². The lowest BCUT2D eigenvalue weighted by atomic mass is 10.1. The lowest BCUT2D eigenvalue weighted by Crippen LogP contribution is -2.31. The Labute approximate surface area is 157 Å². The molecule has 3 nitrogen and oxygen atoms in total. The highest BCUT2D eigenvalue weighted by Crippen LogP contribution is 2.52. The summed E-state index contributed by atoms with van der Waals surface area (Å²) < 4.78 is 5.99. The van der Waals surface area contributed by atoms with E-state index < -0.39 is 0 Å². The SMILES string of the molecule is Clc1cccc(CN2CC3C(COCCCN4CCCCC4)C3C2)c1. The zero-order valence-corrected chi connectivity index (χ0v) is 16.0. The highest BCUT2D eigenvalue weighted by Gasteiger charge is 2.55. The number of fused-ring (bicyclic) bond motifs is 1. The van der Waals surface area contributed by atoms with E-state index in [1.54, 1.807) is 0 Å². The van der Waals surface area contributed by atoms with Crippen LogP contribution in [0.2, 0.25) is 5.02 Å². The molecular weight excluding hydrogens is 332 g/mol. The van der Waals surface area contributed by atoms with E-state index in [9.17, 15) is 0 Å². The number of hydrogen-bond donors (Lipinski definition) is 0. The van der Waals surface area contributed by atoms with Gasteiger partial charge in [-0.15, -0.1) is 0 Å². The molecule has 2 heterocycles. The van der Waals surface area contributed by atoms with Gasteiger partial charge in [-0.1, -0.05) is 30.2 Å². The standard InChI is InChI=1S/C21H31ClN2O/c22-18-7-4-6-17(12-18)13-24-14-19-20(15-24)21(19)16-25-11-5-10-23-8-2-1-3-9-23/h4,6-7,12,19-21H,1-3,5,8-11,13-16H2. The molecule has 25 heavy (non-hydrogen) atoms. The molecule has 2 atom stereocenters. The molecule has 0 radical (unpaired) electrons. The lowest BCUT2D eigenvalue weighted by molar-refractivity contribution is 0.0967. The molecule has 2 saturated heterocycles. The molecular formula is C21H31ClN2O. The zero-order valence-electron chi connectivity index (χ0n) is 15.2. The van der Waals surface area contributed by atoms with Crippen LogP contribution in [-0.4, -0.2) is 55.7 Å². The minimum Gasteiger partial charge on any atom is -0.381 e.